The van der Waals surface area contributed by atoms with Crippen LogP contribution in [0.15, 0.2) is 18.2 Å². The van der Waals surface area contributed by atoms with E-state index in [0.717, 1.165) is 66.5 Å². The van der Waals surface area contributed by atoms with E-state index < -0.39 is 0 Å². The summed E-state index contributed by atoms with van der Waals surface area (Å²) in [6.07, 6.45) is 11.0. The SMILES string of the molecule is Cc1cc2c(cc1C=O)/C(=C/C(=O)C13CC4CC(CC(C4)C1)C3)NC(C)(C)C2. The Bertz CT molecular complexity index is 857. The van der Waals surface area contributed by atoms with E-state index in [-0.39, 0.29) is 11.0 Å². The van der Waals surface area contributed by atoms with Crippen molar-refractivity contribution in [1.29, 1.82) is 0 Å². The second-order valence-electron chi connectivity index (χ2n) is 10.8. The molecule has 1 heterocycles. The lowest BCUT2D eigenvalue weighted by Crippen LogP contribution is -2.50. The van der Waals surface area contributed by atoms with Gasteiger partial charge in [-0.15, -0.1) is 0 Å². The normalized spacial score (nSPS) is 36.1. The van der Waals surface area contributed by atoms with Crippen molar-refractivity contribution in [3.8, 4) is 0 Å². The summed E-state index contributed by atoms with van der Waals surface area (Å²) in [7, 11) is 0. The average Bonchev–Trinajstić information content (AvgIpc) is 2.59. The van der Waals surface area contributed by atoms with E-state index in [4.69, 9.17) is 0 Å². The number of allylic oxidation sites excluding steroid dienone is 1. The van der Waals surface area contributed by atoms with Gasteiger partial charge in [0.1, 0.15) is 6.29 Å². The summed E-state index contributed by atoms with van der Waals surface area (Å²) < 4.78 is 0. The number of ketones is 1. The molecular formula is C25H31NO2. The number of carbonyl (C=O) groups is 2. The van der Waals surface area contributed by atoms with Gasteiger partial charge in [0.15, 0.2) is 5.78 Å². The molecular weight excluding hydrogens is 346 g/mol. The molecule has 0 aromatic heterocycles. The topological polar surface area (TPSA) is 46.2 Å². The minimum absolute atomic E-state index is 0.101. The van der Waals surface area contributed by atoms with E-state index in [1.54, 1.807) is 0 Å². The number of benzene rings is 1. The van der Waals surface area contributed by atoms with E-state index in [0.29, 0.717) is 11.3 Å². The monoisotopic (exact) mass is 377 g/mol. The highest BCUT2D eigenvalue weighted by atomic mass is 16.1. The summed E-state index contributed by atoms with van der Waals surface area (Å²) in [5.41, 5.74) is 4.68. The fourth-order valence-electron chi connectivity index (χ4n) is 7.07. The van der Waals surface area contributed by atoms with Gasteiger partial charge in [-0.05, 0) is 101 Å². The molecule has 0 saturated heterocycles. The van der Waals surface area contributed by atoms with Crippen molar-refractivity contribution in [2.75, 3.05) is 0 Å². The molecule has 0 amide bonds. The molecule has 0 spiro atoms. The van der Waals surface area contributed by atoms with Crippen LogP contribution in [0.3, 0.4) is 0 Å². The van der Waals surface area contributed by atoms with Crippen molar-refractivity contribution < 1.29 is 9.59 Å². The molecule has 148 valence electrons. The van der Waals surface area contributed by atoms with Gasteiger partial charge >= 0.3 is 0 Å². The van der Waals surface area contributed by atoms with E-state index in [1.165, 1.54) is 24.8 Å². The van der Waals surface area contributed by atoms with Gasteiger partial charge in [0, 0.05) is 33.9 Å². The Kier molecular flexibility index (Phi) is 3.92. The van der Waals surface area contributed by atoms with Gasteiger partial charge in [-0.25, -0.2) is 0 Å². The summed E-state index contributed by atoms with van der Waals surface area (Å²) in [6, 6.07) is 4.10. The Morgan fingerprint density at radius 1 is 1.07 bits per heavy atom. The minimum Gasteiger partial charge on any atom is -0.379 e. The minimum atomic E-state index is -0.122. The standard InChI is InChI=1S/C25H31NO2/c1-15-4-19-13-24(2,3)26-22(21(19)8-20(15)14-27)9-23(28)25-10-16-5-17(11-25)7-18(6-16)12-25/h4,8-9,14,16-18,26H,5-7,10-13H2,1-3H3/b22-9-. The first kappa shape index (κ1) is 18.1. The maximum absolute atomic E-state index is 13.6. The van der Waals surface area contributed by atoms with Crippen molar-refractivity contribution in [3.05, 3.63) is 40.5 Å². The number of rotatable bonds is 3. The van der Waals surface area contributed by atoms with Crippen LogP contribution in [0.25, 0.3) is 5.70 Å². The Morgan fingerprint density at radius 3 is 2.25 bits per heavy atom. The predicted octanol–water partition coefficient (Wildman–Crippen LogP) is 4.86. The Morgan fingerprint density at radius 2 is 1.68 bits per heavy atom. The largest absolute Gasteiger partial charge is 0.379 e. The first-order chi connectivity index (χ1) is 13.3. The van der Waals surface area contributed by atoms with Gasteiger partial charge in [0.05, 0.1) is 0 Å². The molecule has 1 N–H and O–H groups in total. The summed E-state index contributed by atoms with van der Waals surface area (Å²) in [4.78, 5) is 25.1. The number of hydrogen-bond acceptors (Lipinski definition) is 3. The molecule has 4 fully saturated rings. The van der Waals surface area contributed by atoms with Crippen molar-refractivity contribution in [2.45, 2.75) is 71.3 Å². The molecule has 0 unspecified atom stereocenters. The molecule has 4 bridgehead atoms. The lowest BCUT2D eigenvalue weighted by Gasteiger charge is -2.55. The number of nitrogens with one attached hydrogen (secondary N) is 1. The maximum Gasteiger partial charge on any atom is 0.163 e. The first-order valence-corrected chi connectivity index (χ1v) is 10.9. The molecule has 1 aliphatic heterocycles. The second-order valence-corrected chi connectivity index (χ2v) is 10.8. The molecule has 5 aliphatic rings. The lowest BCUT2D eigenvalue weighted by molar-refractivity contribution is -0.138. The van der Waals surface area contributed by atoms with Crippen LogP contribution >= 0.6 is 0 Å². The summed E-state index contributed by atoms with van der Waals surface area (Å²) in [5.74, 6) is 2.62. The number of carbonyl (C=O) groups excluding carboxylic acids is 2. The van der Waals surface area contributed by atoms with Crippen LogP contribution in [-0.2, 0) is 11.2 Å². The van der Waals surface area contributed by atoms with Crippen LogP contribution < -0.4 is 5.32 Å². The fourth-order valence-corrected chi connectivity index (χ4v) is 7.07. The van der Waals surface area contributed by atoms with E-state index in [9.17, 15) is 9.59 Å². The highest BCUT2D eigenvalue weighted by Gasteiger charge is 2.54. The molecule has 1 aromatic carbocycles. The van der Waals surface area contributed by atoms with Crippen LogP contribution in [-0.4, -0.2) is 17.6 Å². The molecule has 3 nitrogen and oxygen atoms in total. The van der Waals surface area contributed by atoms with Crippen LogP contribution in [0.2, 0.25) is 0 Å². The quantitative estimate of drug-likeness (QED) is 0.604. The zero-order valence-corrected chi connectivity index (χ0v) is 17.3. The third-order valence-electron chi connectivity index (χ3n) is 7.85. The highest BCUT2D eigenvalue weighted by molar-refractivity contribution is 6.01. The van der Waals surface area contributed by atoms with Gasteiger partial charge in [0.2, 0.25) is 0 Å². The zero-order valence-electron chi connectivity index (χ0n) is 17.3. The van der Waals surface area contributed by atoms with Crippen LogP contribution in [0.4, 0.5) is 0 Å². The van der Waals surface area contributed by atoms with Gasteiger partial charge in [-0.3, -0.25) is 9.59 Å². The highest BCUT2D eigenvalue weighted by Crippen LogP contribution is 2.60. The Labute approximate surface area is 168 Å². The molecule has 6 rings (SSSR count). The van der Waals surface area contributed by atoms with Gasteiger partial charge in [-0.2, -0.15) is 0 Å². The number of aldehydes is 1. The molecule has 4 aliphatic carbocycles. The number of aryl methyl sites for hydroxylation is 1. The van der Waals surface area contributed by atoms with Crippen molar-refractivity contribution >= 4 is 17.8 Å². The summed E-state index contributed by atoms with van der Waals surface area (Å²) in [6.45, 7) is 6.35. The second kappa shape index (κ2) is 6.05. The lowest BCUT2D eigenvalue weighted by atomic mass is 9.48. The molecule has 0 radical (unpaired) electrons. The van der Waals surface area contributed by atoms with Crippen LogP contribution in [0.5, 0.6) is 0 Å². The summed E-state index contributed by atoms with van der Waals surface area (Å²) >= 11 is 0. The van der Waals surface area contributed by atoms with Gasteiger partial charge in [-0.1, -0.05) is 6.07 Å². The third-order valence-corrected chi connectivity index (χ3v) is 7.85. The Hall–Kier alpha value is -1.90. The van der Waals surface area contributed by atoms with Gasteiger partial charge in [0.25, 0.3) is 0 Å². The Balaban J connectivity index is 1.54. The van der Waals surface area contributed by atoms with Crippen molar-refractivity contribution in [3.63, 3.8) is 0 Å². The van der Waals surface area contributed by atoms with E-state index >= 15 is 0 Å². The molecule has 0 atom stereocenters. The van der Waals surface area contributed by atoms with E-state index in [1.807, 2.05) is 19.1 Å². The zero-order chi connectivity index (χ0) is 19.7. The predicted molar refractivity (Wildman–Crippen MR) is 111 cm³/mol. The van der Waals surface area contributed by atoms with Gasteiger partial charge < -0.3 is 5.32 Å². The van der Waals surface area contributed by atoms with Crippen LogP contribution in [0.1, 0.15) is 79.4 Å². The third kappa shape index (κ3) is 2.86. The smallest absolute Gasteiger partial charge is 0.163 e. The van der Waals surface area contributed by atoms with E-state index in [2.05, 4.69) is 25.2 Å². The fraction of sp³-hybridized carbons (Fsp3) is 0.600. The van der Waals surface area contributed by atoms with Crippen LogP contribution in [0, 0.1) is 30.1 Å². The number of hydrogen-bond donors (Lipinski definition) is 1. The molecule has 28 heavy (non-hydrogen) atoms. The molecule has 3 heteroatoms. The average molecular weight is 378 g/mol. The first-order valence-electron chi connectivity index (χ1n) is 10.9. The van der Waals surface area contributed by atoms with Crippen molar-refractivity contribution in [2.24, 2.45) is 23.2 Å². The molecule has 1 aromatic rings. The summed E-state index contributed by atoms with van der Waals surface area (Å²) in [5, 5.41) is 3.61. The number of fused-ring (bicyclic) bond motifs is 1. The van der Waals surface area contributed by atoms with Crippen molar-refractivity contribution in [1.82, 2.24) is 5.32 Å². The maximum atomic E-state index is 13.6. The molecule has 4 saturated carbocycles.